The summed E-state index contributed by atoms with van der Waals surface area (Å²) < 4.78 is 64.0. The van der Waals surface area contributed by atoms with Gasteiger partial charge in [0.15, 0.2) is 5.96 Å². The molecule has 2 rings (SSSR count). The molecule has 174 valence electrons. The molecular formula is C20H28F3IN4O2S. The van der Waals surface area contributed by atoms with Gasteiger partial charge in [-0.05, 0) is 37.5 Å². The largest absolute Gasteiger partial charge is 0.416 e. The average Bonchev–Trinajstić information content (AvgIpc) is 2.70. The van der Waals surface area contributed by atoms with Gasteiger partial charge in [0.2, 0.25) is 10.0 Å². The fourth-order valence-electron chi connectivity index (χ4n) is 3.10. The third-order valence-corrected chi connectivity index (χ3v) is 6.72. The third kappa shape index (κ3) is 8.86. The molecule has 1 heterocycles. The Kier molecular flexibility index (Phi) is 11.1. The second-order valence-electron chi connectivity index (χ2n) is 6.94. The molecule has 1 fully saturated rings. The minimum atomic E-state index is -4.40. The van der Waals surface area contributed by atoms with Gasteiger partial charge in [-0.1, -0.05) is 24.8 Å². The monoisotopic (exact) mass is 572 g/mol. The molecule has 0 unspecified atom stereocenters. The number of alkyl halides is 3. The average molecular weight is 572 g/mol. The second-order valence-corrected chi connectivity index (χ2v) is 9.03. The summed E-state index contributed by atoms with van der Waals surface area (Å²) in [5.74, 6) is 6.17. The number of rotatable bonds is 5. The van der Waals surface area contributed by atoms with Crippen LogP contribution in [0.15, 0.2) is 29.3 Å². The van der Waals surface area contributed by atoms with Crippen LogP contribution < -0.4 is 10.6 Å². The summed E-state index contributed by atoms with van der Waals surface area (Å²) in [6.45, 7) is 2.98. The summed E-state index contributed by atoms with van der Waals surface area (Å²) in [4.78, 5) is 4.12. The van der Waals surface area contributed by atoms with Crippen molar-refractivity contribution in [2.24, 2.45) is 4.99 Å². The van der Waals surface area contributed by atoms with E-state index in [1.165, 1.54) is 16.4 Å². The molecule has 0 atom stereocenters. The van der Waals surface area contributed by atoms with Crippen LogP contribution in [0.2, 0.25) is 0 Å². The van der Waals surface area contributed by atoms with Gasteiger partial charge in [0, 0.05) is 31.7 Å². The summed E-state index contributed by atoms with van der Waals surface area (Å²) in [6, 6.07) is 4.96. The molecule has 0 spiro atoms. The molecule has 0 radical (unpaired) electrons. The van der Waals surface area contributed by atoms with Crippen molar-refractivity contribution in [1.82, 2.24) is 14.9 Å². The molecule has 2 N–H and O–H groups in total. The zero-order chi connectivity index (χ0) is 22.2. The van der Waals surface area contributed by atoms with E-state index in [0.29, 0.717) is 38.3 Å². The first-order valence-corrected chi connectivity index (χ1v) is 11.4. The molecule has 0 bridgehead atoms. The van der Waals surface area contributed by atoms with Gasteiger partial charge >= 0.3 is 6.18 Å². The topological polar surface area (TPSA) is 73.8 Å². The van der Waals surface area contributed by atoms with Gasteiger partial charge in [-0.25, -0.2) is 12.7 Å². The Labute approximate surface area is 199 Å². The lowest BCUT2D eigenvalue weighted by Gasteiger charge is -2.32. The normalized spacial score (nSPS) is 16.1. The summed E-state index contributed by atoms with van der Waals surface area (Å²) in [5, 5.41) is 6.24. The fourth-order valence-corrected chi connectivity index (χ4v) is 4.64. The highest BCUT2D eigenvalue weighted by Gasteiger charge is 2.30. The number of hydrogen-bond acceptors (Lipinski definition) is 3. The number of sulfonamides is 1. The number of piperidine rings is 1. The summed E-state index contributed by atoms with van der Waals surface area (Å²) in [5.41, 5.74) is -0.442. The molecule has 0 aliphatic carbocycles. The molecule has 0 amide bonds. The number of halogens is 4. The summed E-state index contributed by atoms with van der Waals surface area (Å²) >= 11 is 0. The van der Waals surface area contributed by atoms with Gasteiger partial charge in [0.25, 0.3) is 0 Å². The highest BCUT2D eigenvalue weighted by Crippen LogP contribution is 2.29. The minimum Gasteiger partial charge on any atom is -0.354 e. The van der Waals surface area contributed by atoms with Crippen molar-refractivity contribution in [3.05, 3.63) is 35.4 Å². The van der Waals surface area contributed by atoms with Gasteiger partial charge in [0.1, 0.15) is 0 Å². The molecular weight excluding hydrogens is 544 g/mol. The Morgan fingerprint density at radius 2 is 1.97 bits per heavy atom. The molecule has 1 saturated heterocycles. The van der Waals surface area contributed by atoms with E-state index < -0.39 is 21.8 Å². The van der Waals surface area contributed by atoms with E-state index in [1.54, 1.807) is 7.05 Å². The number of nitrogens with one attached hydrogen (secondary N) is 2. The van der Waals surface area contributed by atoms with E-state index in [4.69, 9.17) is 0 Å². The zero-order valence-electron chi connectivity index (χ0n) is 17.5. The first-order valence-electron chi connectivity index (χ1n) is 9.77. The van der Waals surface area contributed by atoms with Crippen molar-refractivity contribution < 1.29 is 21.6 Å². The maximum atomic E-state index is 12.7. The van der Waals surface area contributed by atoms with Crippen LogP contribution in [-0.2, 0) is 16.2 Å². The SMILES string of the molecule is CCCS(=O)(=O)N1CCC(NC(=NC)NCC#Cc2cccc(C(F)(F)F)c2)CC1.I. The standard InChI is InChI=1S/C20H27F3N4O2S.HI/c1-3-14-30(28,29)27-12-9-18(10-13-27)26-19(24-2)25-11-5-7-16-6-4-8-17(15-16)20(21,22)23;/h4,6,8,15,18H,3,9-14H2,1-2H3,(H2,24,25,26);1H. The molecule has 0 aromatic heterocycles. The van der Waals surface area contributed by atoms with E-state index >= 15 is 0 Å². The predicted molar refractivity (Wildman–Crippen MR) is 127 cm³/mol. The second kappa shape index (κ2) is 12.5. The Balaban J connectivity index is 0.00000480. The van der Waals surface area contributed by atoms with Crippen LogP contribution in [0, 0.1) is 11.8 Å². The quantitative estimate of drug-likeness (QED) is 0.246. The first-order chi connectivity index (χ1) is 14.2. The van der Waals surface area contributed by atoms with E-state index in [1.807, 2.05) is 6.92 Å². The molecule has 6 nitrogen and oxygen atoms in total. The molecule has 1 aromatic rings. The van der Waals surface area contributed by atoms with Crippen molar-refractivity contribution >= 4 is 40.0 Å². The molecule has 1 aliphatic heterocycles. The molecule has 0 saturated carbocycles. The zero-order valence-corrected chi connectivity index (χ0v) is 20.6. The van der Waals surface area contributed by atoms with E-state index in [-0.39, 0.29) is 47.9 Å². The van der Waals surface area contributed by atoms with Crippen molar-refractivity contribution in [2.45, 2.75) is 38.4 Å². The third-order valence-electron chi connectivity index (χ3n) is 4.64. The highest BCUT2D eigenvalue weighted by molar-refractivity contribution is 14.0. The first kappa shape index (κ1) is 27.5. The Morgan fingerprint density at radius 3 is 2.55 bits per heavy atom. The van der Waals surface area contributed by atoms with Crippen LogP contribution in [0.5, 0.6) is 0 Å². The van der Waals surface area contributed by atoms with E-state index in [2.05, 4.69) is 27.5 Å². The van der Waals surface area contributed by atoms with Crippen LogP contribution in [-0.4, -0.2) is 57.2 Å². The highest BCUT2D eigenvalue weighted by atomic mass is 127. The van der Waals surface area contributed by atoms with Crippen LogP contribution >= 0.6 is 24.0 Å². The fraction of sp³-hybridized carbons (Fsp3) is 0.550. The Bertz CT molecular complexity index is 903. The summed E-state index contributed by atoms with van der Waals surface area (Å²) in [6.07, 6.45) is -2.47. The van der Waals surface area contributed by atoms with Gasteiger partial charge in [-0.2, -0.15) is 13.2 Å². The predicted octanol–water partition coefficient (Wildman–Crippen LogP) is 3.04. The van der Waals surface area contributed by atoms with Gasteiger partial charge in [-0.15, -0.1) is 24.0 Å². The van der Waals surface area contributed by atoms with Crippen molar-refractivity contribution in [1.29, 1.82) is 0 Å². The number of nitrogens with zero attached hydrogens (tertiary/aromatic N) is 2. The maximum Gasteiger partial charge on any atom is 0.416 e. The van der Waals surface area contributed by atoms with Crippen molar-refractivity contribution in [3.63, 3.8) is 0 Å². The number of benzene rings is 1. The van der Waals surface area contributed by atoms with E-state index in [0.717, 1.165) is 12.1 Å². The lowest BCUT2D eigenvalue weighted by molar-refractivity contribution is -0.137. The smallest absolute Gasteiger partial charge is 0.354 e. The Hall–Kier alpha value is -1.52. The van der Waals surface area contributed by atoms with E-state index in [9.17, 15) is 21.6 Å². The number of guanidine groups is 1. The minimum absolute atomic E-state index is 0. The molecule has 11 heteroatoms. The van der Waals surface area contributed by atoms with Crippen LogP contribution in [0.3, 0.4) is 0 Å². The number of aliphatic imine (C=N–C) groups is 1. The maximum absolute atomic E-state index is 12.7. The Morgan fingerprint density at radius 1 is 1.29 bits per heavy atom. The molecule has 1 aliphatic rings. The summed E-state index contributed by atoms with van der Waals surface area (Å²) in [7, 11) is -1.57. The van der Waals surface area contributed by atoms with Crippen LogP contribution in [0.25, 0.3) is 0 Å². The molecule has 31 heavy (non-hydrogen) atoms. The van der Waals surface area contributed by atoms with Crippen LogP contribution in [0.1, 0.15) is 37.3 Å². The van der Waals surface area contributed by atoms with Crippen LogP contribution in [0.4, 0.5) is 13.2 Å². The lowest BCUT2D eigenvalue weighted by Crippen LogP contribution is -2.50. The van der Waals surface area contributed by atoms with Crippen molar-refractivity contribution in [2.75, 3.05) is 32.4 Å². The van der Waals surface area contributed by atoms with Gasteiger partial charge < -0.3 is 10.6 Å². The lowest BCUT2D eigenvalue weighted by atomic mass is 10.1. The van der Waals surface area contributed by atoms with Gasteiger partial charge in [-0.3, -0.25) is 4.99 Å². The molecule has 1 aromatic carbocycles. The number of hydrogen-bond donors (Lipinski definition) is 2. The van der Waals surface area contributed by atoms with Crippen molar-refractivity contribution in [3.8, 4) is 11.8 Å². The van der Waals surface area contributed by atoms with Gasteiger partial charge in [0.05, 0.1) is 17.9 Å².